The van der Waals surface area contributed by atoms with E-state index in [1.54, 1.807) is 31.2 Å². The van der Waals surface area contributed by atoms with Crippen LogP contribution in [0, 0.1) is 11.8 Å². The lowest BCUT2D eigenvalue weighted by atomic mass is 10.2. The maximum atomic E-state index is 11.6. The molecule has 0 atom stereocenters. The predicted molar refractivity (Wildman–Crippen MR) is 113 cm³/mol. The molecule has 1 aromatic carbocycles. The van der Waals surface area contributed by atoms with Crippen LogP contribution in [0.25, 0.3) is 0 Å². The van der Waals surface area contributed by atoms with Gasteiger partial charge in [0.25, 0.3) is 0 Å². The first-order valence-corrected chi connectivity index (χ1v) is 9.74. The van der Waals surface area contributed by atoms with Gasteiger partial charge in [0.15, 0.2) is 11.4 Å². The third-order valence-electron chi connectivity index (χ3n) is 3.48. The first-order valence-electron chi connectivity index (χ1n) is 8.98. The number of ether oxygens (including phenoxy) is 3. The summed E-state index contributed by atoms with van der Waals surface area (Å²) in [5, 5.41) is 0.962. The Balaban J connectivity index is 2.26. The van der Waals surface area contributed by atoms with E-state index < -0.39 is 6.16 Å². The van der Waals surface area contributed by atoms with Crippen LogP contribution in [-0.2, 0) is 4.74 Å². The second kappa shape index (κ2) is 11.5. The van der Waals surface area contributed by atoms with Crippen LogP contribution < -0.4 is 9.47 Å². The molecule has 0 unspecified atom stereocenters. The lowest BCUT2D eigenvalue weighted by Gasteiger charge is -2.11. The highest BCUT2D eigenvalue weighted by atomic mass is 35.5. The molecule has 0 spiro atoms. The van der Waals surface area contributed by atoms with E-state index in [-0.39, 0.29) is 12.5 Å². The molecule has 1 aromatic heterocycles. The van der Waals surface area contributed by atoms with E-state index in [0.29, 0.717) is 33.7 Å². The van der Waals surface area contributed by atoms with Crippen molar-refractivity contribution in [3.63, 3.8) is 0 Å². The van der Waals surface area contributed by atoms with Crippen LogP contribution in [0.3, 0.4) is 0 Å². The maximum Gasteiger partial charge on any atom is 0.515 e. The molecule has 29 heavy (non-hydrogen) atoms. The van der Waals surface area contributed by atoms with Gasteiger partial charge < -0.3 is 19.1 Å². The van der Waals surface area contributed by atoms with E-state index in [2.05, 4.69) is 21.7 Å². The lowest BCUT2D eigenvalue weighted by Crippen LogP contribution is -2.16. The van der Waals surface area contributed by atoms with Gasteiger partial charge in [-0.05, 0) is 57.6 Å². The zero-order valence-electron chi connectivity index (χ0n) is 16.5. The molecule has 154 valence electrons. The van der Waals surface area contributed by atoms with Gasteiger partial charge in [-0.3, -0.25) is 0 Å². The Labute approximate surface area is 180 Å². The molecule has 0 saturated carbocycles. The van der Waals surface area contributed by atoms with Crippen LogP contribution in [0.4, 0.5) is 4.79 Å². The van der Waals surface area contributed by atoms with Crippen molar-refractivity contribution in [3.05, 3.63) is 51.6 Å². The molecule has 1 heterocycles. The molecule has 0 bridgehead atoms. The Morgan fingerprint density at radius 2 is 1.86 bits per heavy atom. The van der Waals surface area contributed by atoms with Gasteiger partial charge in [-0.2, -0.15) is 0 Å². The summed E-state index contributed by atoms with van der Waals surface area (Å²) in [4.78, 5) is 17.9. The van der Waals surface area contributed by atoms with E-state index in [1.165, 1.54) is 6.07 Å². The largest absolute Gasteiger partial charge is 0.515 e. The molecular formula is C21H22Cl2N2O4. The first-order chi connectivity index (χ1) is 13.9. The number of carbonyl (C=O) groups excluding carboxylic acids is 1. The number of halogens is 2. The van der Waals surface area contributed by atoms with Crippen molar-refractivity contribution in [3.8, 4) is 23.5 Å². The molecule has 0 aliphatic rings. The minimum atomic E-state index is -0.833. The standard InChI is InChI=1S/C21H22Cl2N2O4/c1-4-27-21(26)29-20-9-8-19(28-11-5-10-25(2)3)18(24-20)7-6-15-12-16(22)14-17(23)13-15/h8-9,12-14H,4-5,10-11H2,1-3H3. The second-order valence-corrected chi connectivity index (χ2v) is 7.07. The molecule has 0 fully saturated rings. The van der Waals surface area contributed by atoms with Crippen molar-refractivity contribution in [1.29, 1.82) is 0 Å². The monoisotopic (exact) mass is 436 g/mol. The maximum absolute atomic E-state index is 11.6. The summed E-state index contributed by atoms with van der Waals surface area (Å²) in [6.07, 6.45) is 0.00498. The average molecular weight is 437 g/mol. The molecule has 2 aromatic rings. The van der Waals surface area contributed by atoms with Gasteiger partial charge in [0.2, 0.25) is 5.88 Å². The summed E-state index contributed by atoms with van der Waals surface area (Å²) in [5.41, 5.74) is 0.951. The van der Waals surface area contributed by atoms with Gasteiger partial charge in [-0.25, -0.2) is 9.78 Å². The summed E-state index contributed by atoms with van der Waals surface area (Å²) in [7, 11) is 3.99. The molecule has 0 amide bonds. The fraction of sp³-hybridized carbons (Fsp3) is 0.333. The van der Waals surface area contributed by atoms with Crippen LogP contribution >= 0.6 is 23.2 Å². The number of aromatic nitrogens is 1. The highest BCUT2D eigenvalue weighted by Gasteiger charge is 2.11. The van der Waals surface area contributed by atoms with Gasteiger partial charge >= 0.3 is 6.16 Å². The van der Waals surface area contributed by atoms with Gasteiger partial charge in [0.1, 0.15) is 0 Å². The van der Waals surface area contributed by atoms with E-state index in [9.17, 15) is 4.79 Å². The summed E-state index contributed by atoms with van der Waals surface area (Å²) in [5.74, 6) is 6.44. The van der Waals surface area contributed by atoms with Gasteiger partial charge in [-0.15, -0.1) is 0 Å². The topological polar surface area (TPSA) is 60.9 Å². The zero-order chi connectivity index (χ0) is 21.2. The normalized spacial score (nSPS) is 10.3. The molecule has 0 aliphatic carbocycles. The van der Waals surface area contributed by atoms with Crippen LogP contribution in [0.2, 0.25) is 10.0 Å². The van der Waals surface area contributed by atoms with Crippen molar-refractivity contribution in [2.24, 2.45) is 0 Å². The molecule has 0 saturated heterocycles. The van der Waals surface area contributed by atoms with E-state index in [4.69, 9.17) is 37.4 Å². The fourth-order valence-electron chi connectivity index (χ4n) is 2.24. The van der Waals surface area contributed by atoms with E-state index >= 15 is 0 Å². The lowest BCUT2D eigenvalue weighted by molar-refractivity contribution is 0.102. The molecule has 2 rings (SSSR count). The Morgan fingerprint density at radius 3 is 2.52 bits per heavy atom. The number of hydrogen-bond donors (Lipinski definition) is 0. The number of benzene rings is 1. The number of nitrogens with zero attached hydrogens (tertiary/aromatic N) is 2. The quantitative estimate of drug-likeness (QED) is 0.357. The molecular weight excluding hydrogens is 415 g/mol. The van der Waals surface area contributed by atoms with Crippen molar-refractivity contribution >= 4 is 29.4 Å². The predicted octanol–water partition coefficient (Wildman–Crippen LogP) is 4.65. The summed E-state index contributed by atoms with van der Waals surface area (Å²) < 4.78 is 15.6. The van der Waals surface area contributed by atoms with Gasteiger partial charge in [-0.1, -0.05) is 29.1 Å². The molecule has 0 aliphatic heterocycles. The number of carbonyl (C=O) groups is 1. The molecule has 8 heteroatoms. The summed E-state index contributed by atoms with van der Waals surface area (Å²) in [6, 6.07) is 8.19. The van der Waals surface area contributed by atoms with Gasteiger partial charge in [0, 0.05) is 28.2 Å². The van der Waals surface area contributed by atoms with Crippen molar-refractivity contribution in [2.75, 3.05) is 33.9 Å². The third kappa shape index (κ3) is 8.20. The SMILES string of the molecule is CCOC(=O)Oc1ccc(OCCCN(C)C)c(C#Cc2cc(Cl)cc(Cl)c2)n1. The Morgan fingerprint density at radius 1 is 1.14 bits per heavy atom. The Kier molecular flexibility index (Phi) is 9.07. The van der Waals surface area contributed by atoms with Crippen molar-refractivity contribution in [2.45, 2.75) is 13.3 Å². The second-order valence-electron chi connectivity index (χ2n) is 6.19. The smallest absolute Gasteiger partial charge is 0.491 e. The first kappa shape index (κ1) is 22.8. The highest BCUT2D eigenvalue weighted by Crippen LogP contribution is 2.22. The van der Waals surface area contributed by atoms with Gasteiger partial charge in [0.05, 0.1) is 13.2 Å². The fourth-order valence-corrected chi connectivity index (χ4v) is 2.77. The number of rotatable bonds is 7. The highest BCUT2D eigenvalue weighted by molar-refractivity contribution is 6.34. The van der Waals surface area contributed by atoms with Crippen molar-refractivity contribution < 1.29 is 19.0 Å². The molecule has 0 radical (unpaired) electrons. The number of pyridine rings is 1. The summed E-state index contributed by atoms with van der Waals surface area (Å²) >= 11 is 12.0. The molecule has 0 N–H and O–H groups in total. The summed E-state index contributed by atoms with van der Waals surface area (Å²) in [6.45, 7) is 3.27. The van der Waals surface area contributed by atoms with Crippen LogP contribution in [0.1, 0.15) is 24.6 Å². The van der Waals surface area contributed by atoms with Crippen LogP contribution in [0.5, 0.6) is 11.6 Å². The number of hydrogen-bond acceptors (Lipinski definition) is 6. The van der Waals surface area contributed by atoms with Crippen molar-refractivity contribution in [1.82, 2.24) is 9.88 Å². The van der Waals surface area contributed by atoms with Crippen LogP contribution in [0.15, 0.2) is 30.3 Å². The average Bonchev–Trinajstić information content (AvgIpc) is 2.64. The van der Waals surface area contributed by atoms with Crippen LogP contribution in [-0.4, -0.2) is 49.9 Å². The third-order valence-corrected chi connectivity index (χ3v) is 3.91. The van der Waals surface area contributed by atoms with E-state index in [1.807, 2.05) is 14.1 Å². The minimum absolute atomic E-state index is 0.0671. The molecule has 6 nitrogen and oxygen atoms in total. The zero-order valence-corrected chi connectivity index (χ0v) is 18.0. The Bertz CT molecular complexity index is 887. The minimum Gasteiger partial charge on any atom is -0.491 e. The van der Waals surface area contributed by atoms with E-state index in [0.717, 1.165) is 13.0 Å². The Hall–Kier alpha value is -2.46.